The second-order valence-corrected chi connectivity index (χ2v) is 7.55. The molecule has 7 heteroatoms. The predicted molar refractivity (Wildman–Crippen MR) is 120 cm³/mol. The van der Waals surface area contributed by atoms with E-state index in [1.54, 1.807) is 30.3 Å². The molecule has 1 N–H and O–H groups in total. The van der Waals surface area contributed by atoms with Crippen LogP contribution in [0.15, 0.2) is 60.3 Å². The zero-order valence-corrected chi connectivity index (χ0v) is 17.3. The van der Waals surface area contributed by atoms with E-state index in [0.717, 1.165) is 29.4 Å². The number of hydrogen-bond donors (Lipinski definition) is 1. The second kappa shape index (κ2) is 7.81. The minimum absolute atomic E-state index is 0.0351. The summed E-state index contributed by atoms with van der Waals surface area (Å²) in [5.74, 6) is -0.967. The summed E-state index contributed by atoms with van der Waals surface area (Å²) < 4.78 is 2.13. The molecule has 146 valence electrons. The third-order valence-electron chi connectivity index (χ3n) is 4.77. The van der Waals surface area contributed by atoms with Gasteiger partial charge in [-0.2, -0.15) is 0 Å². The molecule has 0 saturated carbocycles. The Labute approximate surface area is 178 Å². The van der Waals surface area contributed by atoms with Gasteiger partial charge in [-0.1, -0.05) is 36.7 Å². The fourth-order valence-corrected chi connectivity index (χ4v) is 3.86. The maximum absolute atomic E-state index is 13.2. The van der Waals surface area contributed by atoms with Gasteiger partial charge in [0.2, 0.25) is 0 Å². The first-order valence-electron chi connectivity index (χ1n) is 9.24. The van der Waals surface area contributed by atoms with Crippen molar-refractivity contribution in [2.45, 2.75) is 19.9 Å². The summed E-state index contributed by atoms with van der Waals surface area (Å²) in [7, 11) is 0. The number of halogens is 1. The Bertz CT molecular complexity index is 1160. The number of carbonyl (C=O) groups excluding carboxylic acids is 2. The van der Waals surface area contributed by atoms with Gasteiger partial charge in [-0.05, 0) is 55.0 Å². The zero-order valence-electron chi connectivity index (χ0n) is 15.7. The highest BCUT2D eigenvalue weighted by atomic mass is 35.5. The van der Waals surface area contributed by atoms with Gasteiger partial charge in [0.1, 0.15) is 5.57 Å². The second-order valence-electron chi connectivity index (χ2n) is 6.73. The summed E-state index contributed by atoms with van der Waals surface area (Å²) in [5, 5.41) is 4.20. The molecule has 0 bridgehead atoms. The number of aryl methyl sites for hydroxylation is 1. The molecular weight excluding hydrogens is 406 g/mol. The van der Waals surface area contributed by atoms with Crippen LogP contribution in [0.3, 0.4) is 0 Å². The normalized spacial score (nSPS) is 16.0. The third-order valence-corrected chi connectivity index (χ3v) is 5.31. The Morgan fingerprint density at radius 2 is 1.83 bits per heavy atom. The molecule has 4 rings (SSSR count). The van der Waals surface area contributed by atoms with E-state index in [-0.39, 0.29) is 10.7 Å². The number of thiocarbonyl (C=S) groups is 1. The molecule has 0 spiro atoms. The monoisotopic (exact) mass is 423 g/mol. The molecule has 5 nitrogen and oxygen atoms in total. The van der Waals surface area contributed by atoms with Crippen LogP contribution >= 0.6 is 23.8 Å². The molecule has 1 fully saturated rings. The number of carbonyl (C=O) groups is 2. The van der Waals surface area contributed by atoms with Crippen molar-refractivity contribution in [2.24, 2.45) is 0 Å². The minimum Gasteiger partial charge on any atom is -0.347 e. The Morgan fingerprint density at radius 1 is 1.10 bits per heavy atom. The highest BCUT2D eigenvalue weighted by molar-refractivity contribution is 7.80. The highest BCUT2D eigenvalue weighted by Crippen LogP contribution is 2.27. The lowest BCUT2D eigenvalue weighted by atomic mass is 10.1. The lowest BCUT2D eigenvalue weighted by Crippen LogP contribution is -2.54. The van der Waals surface area contributed by atoms with Gasteiger partial charge < -0.3 is 4.57 Å². The molecule has 0 aliphatic carbocycles. The Morgan fingerprint density at radius 3 is 2.55 bits per heavy atom. The summed E-state index contributed by atoms with van der Waals surface area (Å²) in [4.78, 5) is 27.1. The molecule has 0 atom stereocenters. The van der Waals surface area contributed by atoms with Crippen LogP contribution in [-0.2, 0) is 16.1 Å². The number of rotatable bonds is 4. The molecule has 1 aromatic heterocycles. The molecule has 1 aliphatic rings. The number of aromatic nitrogens is 1. The fourth-order valence-electron chi connectivity index (χ4n) is 3.45. The molecule has 2 heterocycles. The smallest absolute Gasteiger partial charge is 0.270 e. The Balaban J connectivity index is 1.79. The largest absolute Gasteiger partial charge is 0.347 e. The van der Waals surface area contributed by atoms with Crippen molar-refractivity contribution in [1.82, 2.24) is 9.88 Å². The molecule has 29 heavy (non-hydrogen) atoms. The van der Waals surface area contributed by atoms with Crippen molar-refractivity contribution in [1.29, 1.82) is 0 Å². The molecule has 1 saturated heterocycles. The van der Waals surface area contributed by atoms with Crippen LogP contribution in [0.25, 0.3) is 17.0 Å². The van der Waals surface area contributed by atoms with Gasteiger partial charge in [-0.25, -0.2) is 0 Å². The van der Waals surface area contributed by atoms with E-state index >= 15 is 0 Å². The first-order valence-corrected chi connectivity index (χ1v) is 10.0. The lowest BCUT2D eigenvalue weighted by Gasteiger charge is -2.28. The molecule has 3 aromatic rings. The first-order chi connectivity index (χ1) is 14.0. The molecule has 2 aromatic carbocycles. The van der Waals surface area contributed by atoms with Gasteiger partial charge in [0, 0.05) is 34.2 Å². The molecular formula is C22H18ClN3O2S. The number of anilines is 1. The average Bonchev–Trinajstić information content (AvgIpc) is 3.04. The fraction of sp³-hybridized carbons (Fsp3) is 0.136. The van der Waals surface area contributed by atoms with Crippen molar-refractivity contribution in [3.05, 3.63) is 70.9 Å². The van der Waals surface area contributed by atoms with Crippen molar-refractivity contribution in [3.8, 4) is 0 Å². The van der Waals surface area contributed by atoms with Gasteiger partial charge >= 0.3 is 0 Å². The van der Waals surface area contributed by atoms with E-state index in [4.69, 9.17) is 23.8 Å². The van der Waals surface area contributed by atoms with E-state index in [9.17, 15) is 9.59 Å². The summed E-state index contributed by atoms with van der Waals surface area (Å²) in [6, 6.07) is 14.7. The van der Waals surface area contributed by atoms with E-state index in [1.165, 1.54) is 4.90 Å². The zero-order chi connectivity index (χ0) is 20.5. The summed E-state index contributed by atoms with van der Waals surface area (Å²) >= 11 is 11.2. The van der Waals surface area contributed by atoms with E-state index in [0.29, 0.717) is 10.7 Å². The van der Waals surface area contributed by atoms with Gasteiger partial charge in [-0.3, -0.25) is 19.8 Å². The van der Waals surface area contributed by atoms with E-state index < -0.39 is 11.8 Å². The van der Waals surface area contributed by atoms with Crippen LogP contribution in [0, 0.1) is 0 Å². The van der Waals surface area contributed by atoms with Crippen LogP contribution in [0.4, 0.5) is 5.69 Å². The Hall–Kier alpha value is -2.96. The summed E-state index contributed by atoms with van der Waals surface area (Å²) in [5.41, 5.74) is 2.46. The number of hydrogen-bond acceptors (Lipinski definition) is 3. The standard InChI is InChI=1S/C22H18ClN3O2S/c1-2-11-25-13-14(17-5-3-4-6-19(17)25)12-18-20(27)24-22(29)26(21(18)28)16-9-7-15(23)8-10-16/h3-10,12-13H,2,11H2,1H3,(H,24,27,29). The average molecular weight is 424 g/mol. The Kier molecular flexibility index (Phi) is 5.22. The maximum Gasteiger partial charge on any atom is 0.270 e. The van der Waals surface area contributed by atoms with Gasteiger partial charge in [0.05, 0.1) is 5.69 Å². The van der Waals surface area contributed by atoms with E-state index in [2.05, 4.69) is 16.8 Å². The van der Waals surface area contributed by atoms with Crippen molar-refractivity contribution < 1.29 is 9.59 Å². The SMILES string of the molecule is CCCn1cc(C=C2C(=O)NC(=S)N(c3ccc(Cl)cc3)C2=O)c2ccccc21. The van der Waals surface area contributed by atoms with Crippen LogP contribution in [-0.4, -0.2) is 21.5 Å². The van der Waals surface area contributed by atoms with Crippen molar-refractivity contribution in [3.63, 3.8) is 0 Å². The minimum atomic E-state index is -0.502. The topological polar surface area (TPSA) is 54.3 Å². The number of benzene rings is 2. The van der Waals surface area contributed by atoms with Crippen LogP contribution in [0.2, 0.25) is 5.02 Å². The maximum atomic E-state index is 13.2. The van der Waals surface area contributed by atoms with Gasteiger partial charge in [-0.15, -0.1) is 0 Å². The molecule has 0 radical (unpaired) electrons. The lowest BCUT2D eigenvalue weighted by molar-refractivity contribution is -0.122. The van der Waals surface area contributed by atoms with Crippen molar-refractivity contribution in [2.75, 3.05) is 4.90 Å². The molecule has 2 amide bonds. The van der Waals surface area contributed by atoms with E-state index in [1.807, 2.05) is 30.5 Å². The number of para-hydroxylation sites is 1. The molecule has 1 aliphatic heterocycles. The first kappa shape index (κ1) is 19.4. The molecule has 0 unspecified atom stereocenters. The predicted octanol–water partition coefficient (Wildman–Crippen LogP) is 4.54. The number of amides is 2. The quantitative estimate of drug-likeness (QED) is 0.381. The van der Waals surface area contributed by atoms with Crippen LogP contribution in [0.1, 0.15) is 18.9 Å². The highest BCUT2D eigenvalue weighted by Gasteiger charge is 2.34. The van der Waals surface area contributed by atoms with Crippen LogP contribution < -0.4 is 10.2 Å². The van der Waals surface area contributed by atoms with Gasteiger partial charge in [0.15, 0.2) is 5.11 Å². The third kappa shape index (κ3) is 3.57. The number of nitrogens with zero attached hydrogens (tertiary/aromatic N) is 2. The summed E-state index contributed by atoms with van der Waals surface area (Å²) in [6.45, 7) is 2.96. The number of nitrogens with one attached hydrogen (secondary N) is 1. The summed E-state index contributed by atoms with van der Waals surface area (Å²) in [6.07, 6.45) is 4.59. The van der Waals surface area contributed by atoms with Crippen LogP contribution in [0.5, 0.6) is 0 Å². The van der Waals surface area contributed by atoms with Crippen molar-refractivity contribution >= 4 is 63.4 Å². The number of fused-ring (bicyclic) bond motifs is 1. The van der Waals surface area contributed by atoms with Gasteiger partial charge in [0.25, 0.3) is 11.8 Å².